The van der Waals surface area contributed by atoms with Crippen LogP contribution in [0.3, 0.4) is 0 Å². The van der Waals surface area contributed by atoms with Gasteiger partial charge in [-0.1, -0.05) is 0 Å². The molecule has 0 radical (unpaired) electrons. The van der Waals surface area contributed by atoms with Crippen molar-refractivity contribution in [1.82, 2.24) is 4.98 Å². The van der Waals surface area contributed by atoms with E-state index in [0.717, 1.165) is 0 Å². The van der Waals surface area contributed by atoms with Crippen molar-refractivity contribution >= 4 is 29.0 Å². The van der Waals surface area contributed by atoms with Gasteiger partial charge in [0.25, 0.3) is 0 Å². The third kappa shape index (κ3) is 3.69. The Morgan fingerprint density at radius 3 is 2.50 bits per heavy atom. The van der Waals surface area contributed by atoms with Gasteiger partial charge in [0.05, 0.1) is 37.7 Å². The third-order valence-corrected chi connectivity index (χ3v) is 4.20. The summed E-state index contributed by atoms with van der Waals surface area (Å²) < 4.78 is 10.5. The number of rotatable bonds is 5. The van der Waals surface area contributed by atoms with Crippen molar-refractivity contribution in [2.24, 2.45) is 5.92 Å². The molecular formula is C18H20N4O4. The quantitative estimate of drug-likeness (QED) is 0.844. The van der Waals surface area contributed by atoms with Gasteiger partial charge < -0.3 is 25.4 Å². The molecular weight excluding hydrogens is 336 g/mol. The van der Waals surface area contributed by atoms with Crippen LogP contribution < -0.4 is 25.4 Å². The van der Waals surface area contributed by atoms with E-state index < -0.39 is 5.92 Å². The van der Waals surface area contributed by atoms with Crippen molar-refractivity contribution < 1.29 is 19.1 Å². The second-order valence-corrected chi connectivity index (χ2v) is 5.94. The van der Waals surface area contributed by atoms with Gasteiger partial charge in [-0.05, 0) is 12.1 Å². The van der Waals surface area contributed by atoms with Crippen LogP contribution in [0.1, 0.15) is 6.42 Å². The number of aromatic nitrogens is 1. The number of methoxy groups -OCH3 is 2. The van der Waals surface area contributed by atoms with Gasteiger partial charge in [-0.2, -0.15) is 0 Å². The van der Waals surface area contributed by atoms with E-state index in [1.165, 1.54) is 6.20 Å². The first-order chi connectivity index (χ1) is 12.5. The second kappa shape index (κ2) is 7.30. The van der Waals surface area contributed by atoms with Crippen molar-refractivity contribution in [2.75, 3.05) is 36.7 Å². The number of carbonyl (C=O) groups excluding carboxylic acids is 2. The van der Waals surface area contributed by atoms with Crippen LogP contribution in [-0.2, 0) is 9.59 Å². The van der Waals surface area contributed by atoms with Crippen LogP contribution in [0.5, 0.6) is 11.5 Å². The Balaban J connectivity index is 1.74. The van der Waals surface area contributed by atoms with Crippen LogP contribution in [0.4, 0.5) is 17.2 Å². The number of amides is 2. The molecule has 26 heavy (non-hydrogen) atoms. The molecule has 1 aliphatic heterocycles. The number of hydrogen-bond donors (Lipinski definition) is 2. The van der Waals surface area contributed by atoms with E-state index >= 15 is 0 Å². The standard InChI is InChI=1S/C18H20N4O4/c1-25-14-6-13(7-15(8-14)26-2)22-10-11(5-17(22)23)18(24)21-12-3-4-16(19)20-9-12/h3-4,6-9,11H,5,10H2,1-2H3,(H2,19,20)(H,21,24). The van der Waals surface area contributed by atoms with Crippen LogP contribution in [0, 0.1) is 5.92 Å². The van der Waals surface area contributed by atoms with E-state index in [1.807, 2.05) is 0 Å². The fraction of sp³-hybridized carbons (Fsp3) is 0.278. The fourth-order valence-corrected chi connectivity index (χ4v) is 2.80. The maximum atomic E-state index is 12.5. The van der Waals surface area contributed by atoms with Gasteiger partial charge in [0.1, 0.15) is 17.3 Å². The maximum Gasteiger partial charge on any atom is 0.229 e. The lowest BCUT2D eigenvalue weighted by atomic mass is 10.1. The largest absolute Gasteiger partial charge is 0.497 e. The highest BCUT2D eigenvalue weighted by atomic mass is 16.5. The number of nitrogens with one attached hydrogen (secondary N) is 1. The van der Waals surface area contributed by atoms with Crippen molar-refractivity contribution in [1.29, 1.82) is 0 Å². The molecule has 136 valence electrons. The smallest absolute Gasteiger partial charge is 0.229 e. The van der Waals surface area contributed by atoms with Gasteiger partial charge in [0, 0.05) is 31.2 Å². The summed E-state index contributed by atoms with van der Waals surface area (Å²) in [4.78, 5) is 30.4. The number of hydrogen-bond acceptors (Lipinski definition) is 6. The molecule has 1 atom stereocenters. The minimum atomic E-state index is -0.461. The van der Waals surface area contributed by atoms with Crippen molar-refractivity contribution in [3.63, 3.8) is 0 Å². The van der Waals surface area contributed by atoms with Gasteiger partial charge >= 0.3 is 0 Å². The summed E-state index contributed by atoms with van der Waals surface area (Å²) in [5, 5.41) is 2.76. The number of nitrogens with zero attached hydrogens (tertiary/aromatic N) is 2. The molecule has 1 aromatic carbocycles. The van der Waals surface area contributed by atoms with Crippen molar-refractivity contribution in [2.45, 2.75) is 6.42 Å². The van der Waals surface area contributed by atoms with Crippen molar-refractivity contribution in [3.05, 3.63) is 36.5 Å². The monoisotopic (exact) mass is 356 g/mol. The van der Waals surface area contributed by atoms with E-state index in [1.54, 1.807) is 49.5 Å². The molecule has 3 rings (SSSR count). The molecule has 2 aromatic rings. The normalized spacial score (nSPS) is 16.5. The predicted molar refractivity (Wildman–Crippen MR) is 97.3 cm³/mol. The maximum absolute atomic E-state index is 12.5. The number of carbonyl (C=O) groups is 2. The first-order valence-corrected chi connectivity index (χ1v) is 8.06. The lowest BCUT2D eigenvalue weighted by Gasteiger charge is -2.18. The van der Waals surface area contributed by atoms with E-state index in [2.05, 4.69) is 10.3 Å². The van der Waals surface area contributed by atoms with Gasteiger partial charge in [-0.25, -0.2) is 4.98 Å². The Kier molecular flexibility index (Phi) is 4.92. The predicted octanol–water partition coefficient (Wildman–Crippen LogP) is 1.67. The second-order valence-electron chi connectivity index (χ2n) is 5.94. The lowest BCUT2D eigenvalue weighted by Crippen LogP contribution is -2.28. The van der Waals surface area contributed by atoms with Crippen LogP contribution in [0.15, 0.2) is 36.5 Å². The first kappa shape index (κ1) is 17.5. The average Bonchev–Trinajstić information content (AvgIpc) is 3.05. The molecule has 1 saturated heterocycles. The Bertz CT molecular complexity index is 800. The molecule has 1 aliphatic rings. The summed E-state index contributed by atoms with van der Waals surface area (Å²) in [5.41, 5.74) is 6.71. The molecule has 2 amide bonds. The first-order valence-electron chi connectivity index (χ1n) is 8.06. The van der Waals surface area contributed by atoms with E-state index in [9.17, 15) is 9.59 Å². The lowest BCUT2D eigenvalue weighted by molar-refractivity contribution is -0.122. The number of anilines is 3. The highest BCUT2D eigenvalue weighted by molar-refractivity contribution is 6.03. The van der Waals surface area contributed by atoms with Gasteiger partial charge in [-0.15, -0.1) is 0 Å². The van der Waals surface area contributed by atoms with Crippen LogP contribution in [0.25, 0.3) is 0 Å². The molecule has 1 aromatic heterocycles. The summed E-state index contributed by atoms with van der Waals surface area (Å²) in [5.74, 6) is 0.702. The fourth-order valence-electron chi connectivity index (χ4n) is 2.80. The molecule has 1 unspecified atom stereocenters. The van der Waals surface area contributed by atoms with Crippen molar-refractivity contribution in [3.8, 4) is 11.5 Å². The number of pyridine rings is 1. The summed E-state index contributed by atoms with van der Waals surface area (Å²) in [6, 6.07) is 8.48. The van der Waals surface area contributed by atoms with E-state index in [0.29, 0.717) is 28.7 Å². The summed E-state index contributed by atoms with van der Waals surface area (Å²) in [6.07, 6.45) is 1.61. The zero-order valence-electron chi connectivity index (χ0n) is 14.6. The minimum Gasteiger partial charge on any atom is -0.497 e. The topological polar surface area (TPSA) is 107 Å². The van der Waals surface area contributed by atoms with E-state index in [4.69, 9.17) is 15.2 Å². The molecule has 0 aliphatic carbocycles. The molecule has 3 N–H and O–H groups in total. The van der Waals surface area contributed by atoms with Crippen LogP contribution >= 0.6 is 0 Å². The Hall–Kier alpha value is -3.29. The Morgan fingerprint density at radius 2 is 1.92 bits per heavy atom. The summed E-state index contributed by atoms with van der Waals surface area (Å²) in [7, 11) is 3.09. The van der Waals surface area contributed by atoms with Crippen LogP contribution in [0.2, 0.25) is 0 Å². The summed E-state index contributed by atoms with van der Waals surface area (Å²) >= 11 is 0. The number of ether oxygens (including phenoxy) is 2. The minimum absolute atomic E-state index is 0.129. The van der Waals surface area contributed by atoms with Gasteiger partial charge in [-0.3, -0.25) is 9.59 Å². The Labute approximate surface area is 150 Å². The number of nitrogen functional groups attached to an aromatic ring is 1. The highest BCUT2D eigenvalue weighted by Crippen LogP contribution is 2.32. The summed E-state index contributed by atoms with van der Waals surface area (Å²) in [6.45, 7) is 0.281. The van der Waals surface area contributed by atoms with Crippen LogP contribution in [-0.4, -0.2) is 37.6 Å². The average molecular weight is 356 g/mol. The molecule has 0 bridgehead atoms. The molecule has 0 saturated carbocycles. The van der Waals surface area contributed by atoms with Gasteiger partial charge in [0.2, 0.25) is 11.8 Å². The molecule has 2 heterocycles. The molecule has 8 heteroatoms. The molecule has 1 fully saturated rings. The van der Waals surface area contributed by atoms with Gasteiger partial charge in [0.15, 0.2) is 0 Å². The molecule has 8 nitrogen and oxygen atoms in total. The highest BCUT2D eigenvalue weighted by Gasteiger charge is 2.35. The Morgan fingerprint density at radius 1 is 1.23 bits per heavy atom. The SMILES string of the molecule is COc1cc(OC)cc(N2CC(C(=O)Nc3ccc(N)nc3)CC2=O)c1. The van der Waals surface area contributed by atoms with E-state index in [-0.39, 0.29) is 24.8 Å². The zero-order valence-corrected chi connectivity index (χ0v) is 14.6. The number of nitrogens with two attached hydrogens (primary N) is 1. The third-order valence-electron chi connectivity index (χ3n) is 4.20. The zero-order chi connectivity index (χ0) is 18.7. The number of benzene rings is 1. The molecule has 0 spiro atoms.